The van der Waals surface area contributed by atoms with Gasteiger partial charge >= 0.3 is 0 Å². The minimum Gasteiger partial charge on any atom is -0.396 e. The molecule has 5 nitrogen and oxygen atoms in total. The van der Waals surface area contributed by atoms with Crippen LogP contribution in [-0.2, 0) is 17.8 Å². The minimum absolute atomic E-state index is 0.0700. The van der Waals surface area contributed by atoms with E-state index in [4.69, 9.17) is 5.11 Å². The molecule has 1 aromatic rings. The molecule has 1 aromatic heterocycles. The quantitative estimate of drug-likeness (QED) is 0.805. The number of hydrogen-bond donors (Lipinski definition) is 1. The zero-order chi connectivity index (χ0) is 12.2. The van der Waals surface area contributed by atoms with Crippen molar-refractivity contribution >= 4 is 5.78 Å². The second-order valence-electron chi connectivity index (χ2n) is 4.85. The molecular weight excluding hydrogens is 206 g/mol. The molecule has 0 saturated carbocycles. The maximum Gasteiger partial charge on any atom is 0.140 e. The van der Waals surface area contributed by atoms with Crippen LogP contribution < -0.4 is 0 Å². The number of ketones is 1. The summed E-state index contributed by atoms with van der Waals surface area (Å²) in [5.74, 6) is 0.206. The average molecular weight is 225 g/mol. The zero-order valence-electron chi connectivity index (χ0n) is 10.1. The lowest BCUT2D eigenvalue weighted by molar-refractivity contribution is -0.126. The van der Waals surface area contributed by atoms with Crippen molar-refractivity contribution in [1.82, 2.24) is 15.0 Å². The van der Waals surface area contributed by atoms with E-state index in [1.807, 2.05) is 20.8 Å². The first-order chi connectivity index (χ1) is 7.45. The Morgan fingerprint density at radius 3 is 2.75 bits per heavy atom. The van der Waals surface area contributed by atoms with Gasteiger partial charge in [0.15, 0.2) is 0 Å². The third-order valence-corrected chi connectivity index (χ3v) is 2.45. The Bertz CT molecular complexity index is 352. The summed E-state index contributed by atoms with van der Waals surface area (Å²) in [6.45, 7) is 6.33. The maximum absolute atomic E-state index is 11.7. The summed E-state index contributed by atoms with van der Waals surface area (Å²) in [6.07, 6.45) is 2.60. The number of aliphatic hydroxyl groups is 1. The van der Waals surface area contributed by atoms with Crippen molar-refractivity contribution in [2.75, 3.05) is 6.61 Å². The van der Waals surface area contributed by atoms with E-state index < -0.39 is 0 Å². The summed E-state index contributed by atoms with van der Waals surface area (Å²) >= 11 is 0. The molecule has 0 amide bonds. The highest BCUT2D eigenvalue weighted by Gasteiger charge is 2.20. The fourth-order valence-electron chi connectivity index (χ4n) is 1.36. The zero-order valence-corrected chi connectivity index (χ0v) is 10.1. The van der Waals surface area contributed by atoms with Crippen molar-refractivity contribution < 1.29 is 9.90 Å². The third-order valence-electron chi connectivity index (χ3n) is 2.45. The number of aliphatic hydroxyl groups excluding tert-OH is 1. The van der Waals surface area contributed by atoms with Gasteiger partial charge in [-0.05, 0) is 0 Å². The lowest BCUT2D eigenvalue weighted by Crippen LogP contribution is -2.22. The van der Waals surface area contributed by atoms with Crippen molar-refractivity contribution in [2.45, 2.75) is 40.2 Å². The van der Waals surface area contributed by atoms with Crippen molar-refractivity contribution in [2.24, 2.45) is 5.41 Å². The summed E-state index contributed by atoms with van der Waals surface area (Å²) < 4.78 is 1.68. The Hall–Kier alpha value is -1.23. The van der Waals surface area contributed by atoms with Gasteiger partial charge in [0.1, 0.15) is 5.78 Å². The van der Waals surface area contributed by atoms with Crippen LogP contribution in [0.5, 0.6) is 0 Å². The Morgan fingerprint density at radius 2 is 2.19 bits per heavy atom. The van der Waals surface area contributed by atoms with Gasteiger partial charge < -0.3 is 5.11 Å². The molecule has 5 heteroatoms. The molecule has 0 saturated heterocycles. The molecule has 16 heavy (non-hydrogen) atoms. The largest absolute Gasteiger partial charge is 0.396 e. The van der Waals surface area contributed by atoms with Crippen LogP contribution in [-0.4, -0.2) is 32.5 Å². The van der Waals surface area contributed by atoms with E-state index in [1.54, 1.807) is 10.9 Å². The predicted octanol–water partition coefficient (Wildman–Crippen LogP) is 0.818. The van der Waals surface area contributed by atoms with E-state index in [2.05, 4.69) is 10.3 Å². The Balaban J connectivity index is 2.54. The van der Waals surface area contributed by atoms with Gasteiger partial charge in [-0.25, -0.2) is 4.68 Å². The standard InChI is InChI=1S/C11H19N3O2/c1-11(2,3)10(16)4-6-14-9(5-7-15)8-12-13-14/h8,15H,4-7H2,1-3H3. The fraction of sp³-hybridized carbons (Fsp3) is 0.727. The third kappa shape index (κ3) is 3.41. The summed E-state index contributed by atoms with van der Waals surface area (Å²) in [5.41, 5.74) is 0.557. The summed E-state index contributed by atoms with van der Waals surface area (Å²) in [7, 11) is 0. The number of carbonyl (C=O) groups excluding carboxylic acids is 1. The number of aromatic nitrogens is 3. The molecule has 0 radical (unpaired) electrons. The maximum atomic E-state index is 11.7. The van der Waals surface area contributed by atoms with Gasteiger partial charge in [-0.15, -0.1) is 5.10 Å². The van der Waals surface area contributed by atoms with E-state index in [0.29, 0.717) is 19.4 Å². The Kier molecular flexibility index (Phi) is 4.18. The van der Waals surface area contributed by atoms with Gasteiger partial charge in [-0.3, -0.25) is 4.79 Å². The van der Waals surface area contributed by atoms with Gasteiger partial charge in [0, 0.05) is 31.4 Å². The van der Waals surface area contributed by atoms with Crippen LogP contribution in [0.1, 0.15) is 32.9 Å². The van der Waals surface area contributed by atoms with Gasteiger partial charge in [0.25, 0.3) is 0 Å². The predicted molar refractivity (Wildman–Crippen MR) is 59.9 cm³/mol. The van der Waals surface area contributed by atoms with Crippen LogP contribution in [0.2, 0.25) is 0 Å². The lowest BCUT2D eigenvalue weighted by atomic mass is 9.89. The monoisotopic (exact) mass is 225 g/mol. The molecule has 1 rings (SSSR count). The molecule has 0 spiro atoms. The molecule has 0 aromatic carbocycles. The Labute approximate surface area is 95.5 Å². The molecule has 0 unspecified atom stereocenters. The topological polar surface area (TPSA) is 68.0 Å². The average Bonchev–Trinajstić information content (AvgIpc) is 2.61. The van der Waals surface area contributed by atoms with Crippen LogP contribution in [0.25, 0.3) is 0 Å². The van der Waals surface area contributed by atoms with Gasteiger partial charge in [0.2, 0.25) is 0 Å². The smallest absolute Gasteiger partial charge is 0.140 e. The second kappa shape index (κ2) is 5.21. The first-order valence-corrected chi connectivity index (χ1v) is 5.46. The number of aryl methyl sites for hydroxylation is 1. The SMILES string of the molecule is CC(C)(C)C(=O)CCn1nncc1CCO. The molecule has 0 atom stereocenters. The molecule has 0 aliphatic rings. The number of Topliss-reactive ketones (excluding diaryl/α,β-unsaturated/α-hetero) is 1. The molecule has 0 aliphatic carbocycles. The summed E-state index contributed by atoms with van der Waals surface area (Å²) in [6, 6.07) is 0. The molecule has 0 bridgehead atoms. The first-order valence-electron chi connectivity index (χ1n) is 5.46. The van der Waals surface area contributed by atoms with Crippen molar-refractivity contribution in [3.8, 4) is 0 Å². The van der Waals surface area contributed by atoms with Crippen molar-refractivity contribution in [1.29, 1.82) is 0 Å². The fourth-order valence-corrected chi connectivity index (χ4v) is 1.36. The highest BCUT2D eigenvalue weighted by Crippen LogP contribution is 2.17. The number of rotatable bonds is 5. The van der Waals surface area contributed by atoms with Crippen LogP contribution in [0.4, 0.5) is 0 Å². The molecule has 1 N–H and O–H groups in total. The Morgan fingerprint density at radius 1 is 1.50 bits per heavy atom. The van der Waals surface area contributed by atoms with E-state index in [1.165, 1.54) is 0 Å². The normalized spacial score (nSPS) is 11.8. The molecule has 0 aliphatic heterocycles. The van der Waals surface area contributed by atoms with Crippen LogP contribution in [0.3, 0.4) is 0 Å². The van der Waals surface area contributed by atoms with Gasteiger partial charge in [-0.2, -0.15) is 0 Å². The number of carbonyl (C=O) groups is 1. The van der Waals surface area contributed by atoms with Crippen LogP contribution in [0, 0.1) is 5.41 Å². The molecule has 90 valence electrons. The number of hydrogen-bond acceptors (Lipinski definition) is 4. The summed E-state index contributed by atoms with van der Waals surface area (Å²) in [5, 5.41) is 16.5. The highest BCUT2D eigenvalue weighted by atomic mass is 16.3. The van der Waals surface area contributed by atoms with Crippen molar-refractivity contribution in [3.63, 3.8) is 0 Å². The van der Waals surface area contributed by atoms with E-state index in [0.717, 1.165) is 5.69 Å². The van der Waals surface area contributed by atoms with E-state index >= 15 is 0 Å². The number of nitrogens with zero attached hydrogens (tertiary/aromatic N) is 3. The lowest BCUT2D eigenvalue weighted by Gasteiger charge is -2.16. The van der Waals surface area contributed by atoms with E-state index in [9.17, 15) is 4.79 Å². The minimum atomic E-state index is -0.308. The van der Waals surface area contributed by atoms with Gasteiger partial charge in [-0.1, -0.05) is 26.0 Å². The van der Waals surface area contributed by atoms with Crippen LogP contribution >= 0.6 is 0 Å². The molecular formula is C11H19N3O2. The highest BCUT2D eigenvalue weighted by molar-refractivity contribution is 5.83. The van der Waals surface area contributed by atoms with E-state index in [-0.39, 0.29) is 17.8 Å². The molecule has 1 heterocycles. The summed E-state index contributed by atoms with van der Waals surface area (Å²) in [4.78, 5) is 11.7. The molecule has 0 fully saturated rings. The second-order valence-corrected chi connectivity index (χ2v) is 4.85. The van der Waals surface area contributed by atoms with Gasteiger partial charge in [0.05, 0.1) is 11.9 Å². The van der Waals surface area contributed by atoms with Crippen molar-refractivity contribution in [3.05, 3.63) is 11.9 Å². The first kappa shape index (κ1) is 12.8. The van der Waals surface area contributed by atoms with Crippen LogP contribution in [0.15, 0.2) is 6.20 Å².